The first kappa shape index (κ1) is 25.2. The third-order valence-corrected chi connectivity index (χ3v) is 7.05. The van der Waals surface area contributed by atoms with Gasteiger partial charge in [0, 0.05) is 24.6 Å². The van der Waals surface area contributed by atoms with E-state index in [0.29, 0.717) is 31.5 Å². The minimum Gasteiger partial charge on any atom is -0.444 e. The highest BCUT2D eigenvalue weighted by atomic mass is 16.6. The van der Waals surface area contributed by atoms with Crippen LogP contribution in [0.3, 0.4) is 0 Å². The third-order valence-electron chi connectivity index (χ3n) is 7.05. The fourth-order valence-electron chi connectivity index (χ4n) is 4.79. The highest BCUT2D eigenvalue weighted by Crippen LogP contribution is 2.46. The van der Waals surface area contributed by atoms with E-state index in [4.69, 9.17) is 10.6 Å². The summed E-state index contributed by atoms with van der Waals surface area (Å²) < 4.78 is 5.41. The van der Waals surface area contributed by atoms with E-state index in [9.17, 15) is 14.4 Å². The van der Waals surface area contributed by atoms with Crippen LogP contribution in [0, 0.1) is 5.92 Å². The summed E-state index contributed by atoms with van der Waals surface area (Å²) in [6.07, 6.45) is 2.64. The molecular weight excluding hydrogens is 418 g/mol. The van der Waals surface area contributed by atoms with Gasteiger partial charge in [-0.3, -0.25) is 9.59 Å². The first-order chi connectivity index (χ1) is 15.1. The lowest BCUT2D eigenvalue weighted by atomic mass is 9.63. The van der Waals surface area contributed by atoms with Gasteiger partial charge >= 0.3 is 6.09 Å². The van der Waals surface area contributed by atoms with Crippen molar-refractivity contribution in [3.8, 4) is 0 Å². The fraction of sp³-hybridized carbons (Fsp3) is 0.654. The van der Waals surface area contributed by atoms with Crippen molar-refractivity contribution in [1.82, 2.24) is 9.91 Å². The van der Waals surface area contributed by atoms with Gasteiger partial charge in [0.2, 0.25) is 5.91 Å². The number of carbonyl (C=O) groups is 3. The van der Waals surface area contributed by atoms with E-state index in [1.54, 1.807) is 11.0 Å². The summed E-state index contributed by atoms with van der Waals surface area (Å²) in [4.78, 5) is 40.0. The normalized spacial score (nSPS) is 20.1. The van der Waals surface area contributed by atoms with Crippen LogP contribution in [0.25, 0.3) is 0 Å². The Morgan fingerprint density at radius 3 is 2.09 bits per heavy atom. The maximum absolute atomic E-state index is 13.1. The minimum atomic E-state index is -0.567. The molecule has 0 atom stereocenters. The minimum absolute atomic E-state index is 0.0426. The number of hydrogen-bond donors (Lipinski definition) is 1. The van der Waals surface area contributed by atoms with E-state index in [1.165, 1.54) is 5.56 Å². The van der Waals surface area contributed by atoms with E-state index >= 15 is 0 Å². The average Bonchev–Trinajstić information content (AvgIpc) is 2.74. The van der Waals surface area contributed by atoms with Crippen molar-refractivity contribution in [2.75, 3.05) is 13.1 Å². The van der Waals surface area contributed by atoms with Crippen LogP contribution in [-0.4, -0.2) is 46.5 Å². The van der Waals surface area contributed by atoms with Crippen molar-refractivity contribution in [3.05, 3.63) is 34.9 Å². The molecule has 1 aliphatic heterocycles. The monoisotopic (exact) mass is 457 g/mol. The lowest BCUT2D eigenvalue weighted by Crippen LogP contribution is -2.49. The van der Waals surface area contributed by atoms with Crippen LogP contribution < -0.4 is 5.84 Å². The number of nitrogens with zero attached hydrogens (tertiary/aromatic N) is 2. The number of ether oxygens (including phenoxy) is 1. The molecule has 1 aliphatic carbocycles. The number of hydrazine groups is 1. The first-order valence-corrected chi connectivity index (χ1v) is 11.9. The van der Waals surface area contributed by atoms with Gasteiger partial charge in [0.15, 0.2) is 0 Å². The standard InChI is InChI=1S/C26H39N3O4/c1-24(2,3)33-23(32)28-14-10-17(11-15-28)21(30)29(27)22(31)18-8-9-19-20(16-18)26(6,7)13-12-25(19,4)5/h8-9,16-17H,10-15,27H2,1-7H3. The lowest BCUT2D eigenvalue weighted by Gasteiger charge is -2.42. The van der Waals surface area contributed by atoms with Gasteiger partial charge in [-0.05, 0) is 80.5 Å². The summed E-state index contributed by atoms with van der Waals surface area (Å²) in [7, 11) is 0. The predicted octanol–water partition coefficient (Wildman–Crippen LogP) is 4.53. The second kappa shape index (κ2) is 8.75. The van der Waals surface area contributed by atoms with Crippen LogP contribution in [0.4, 0.5) is 4.79 Å². The highest BCUT2D eigenvalue weighted by Gasteiger charge is 2.38. The SMILES string of the molecule is CC(C)(C)OC(=O)N1CCC(C(=O)N(N)C(=O)c2ccc3c(c2)C(C)(C)CCC3(C)C)CC1. The molecule has 1 saturated heterocycles. The molecule has 0 aromatic heterocycles. The zero-order valence-electron chi connectivity index (χ0n) is 21.2. The summed E-state index contributed by atoms with van der Waals surface area (Å²) in [6, 6.07) is 5.71. The maximum atomic E-state index is 13.1. The number of carbonyl (C=O) groups excluding carboxylic acids is 3. The summed E-state index contributed by atoms with van der Waals surface area (Å²) in [6.45, 7) is 15.1. The zero-order valence-corrected chi connectivity index (χ0v) is 21.2. The van der Waals surface area contributed by atoms with Gasteiger partial charge in [-0.15, -0.1) is 0 Å². The molecule has 1 aromatic rings. The van der Waals surface area contributed by atoms with Crippen molar-refractivity contribution in [2.45, 2.75) is 90.6 Å². The van der Waals surface area contributed by atoms with Gasteiger partial charge in [-0.2, -0.15) is 0 Å². The van der Waals surface area contributed by atoms with Gasteiger partial charge in [0.25, 0.3) is 5.91 Å². The summed E-state index contributed by atoms with van der Waals surface area (Å²) in [5.41, 5.74) is 2.27. The van der Waals surface area contributed by atoms with Crippen molar-refractivity contribution in [1.29, 1.82) is 0 Å². The van der Waals surface area contributed by atoms with Crippen LogP contribution in [-0.2, 0) is 20.4 Å². The zero-order chi connectivity index (χ0) is 24.8. The lowest BCUT2D eigenvalue weighted by molar-refractivity contribution is -0.134. The Labute approximate surface area is 197 Å². The Morgan fingerprint density at radius 1 is 1.00 bits per heavy atom. The Morgan fingerprint density at radius 2 is 1.55 bits per heavy atom. The first-order valence-electron chi connectivity index (χ1n) is 11.9. The van der Waals surface area contributed by atoms with Crippen molar-refractivity contribution in [3.63, 3.8) is 0 Å². The van der Waals surface area contributed by atoms with E-state index in [1.807, 2.05) is 32.9 Å². The smallest absolute Gasteiger partial charge is 0.410 e. The molecule has 182 valence electrons. The summed E-state index contributed by atoms with van der Waals surface area (Å²) >= 11 is 0. The molecule has 7 nitrogen and oxygen atoms in total. The van der Waals surface area contributed by atoms with E-state index < -0.39 is 23.3 Å². The Hall–Kier alpha value is -2.41. The van der Waals surface area contributed by atoms with Crippen molar-refractivity contribution in [2.24, 2.45) is 11.8 Å². The number of likely N-dealkylation sites (tertiary alicyclic amines) is 1. The van der Waals surface area contributed by atoms with E-state index in [2.05, 4.69) is 27.7 Å². The third kappa shape index (κ3) is 5.40. The van der Waals surface area contributed by atoms with E-state index in [-0.39, 0.29) is 16.9 Å². The fourth-order valence-corrected chi connectivity index (χ4v) is 4.79. The molecule has 3 amide bonds. The number of hydrogen-bond acceptors (Lipinski definition) is 5. The largest absolute Gasteiger partial charge is 0.444 e. The number of fused-ring (bicyclic) bond motifs is 1. The number of benzene rings is 1. The van der Waals surface area contributed by atoms with Gasteiger partial charge in [-0.1, -0.05) is 33.8 Å². The molecule has 7 heteroatoms. The number of rotatable bonds is 2. The molecule has 1 fully saturated rings. The molecular formula is C26H39N3O4. The molecule has 1 aromatic carbocycles. The average molecular weight is 458 g/mol. The van der Waals surface area contributed by atoms with Gasteiger partial charge in [0.05, 0.1) is 0 Å². The second-order valence-electron chi connectivity index (χ2n) is 11.8. The number of piperidine rings is 1. The number of imide groups is 1. The molecule has 2 aliphatic rings. The summed E-state index contributed by atoms with van der Waals surface area (Å²) in [5, 5.41) is 0.760. The van der Waals surface area contributed by atoms with Gasteiger partial charge < -0.3 is 9.64 Å². The van der Waals surface area contributed by atoms with Crippen LogP contribution in [0.1, 0.15) is 95.6 Å². The Kier molecular flexibility index (Phi) is 6.68. The molecule has 0 unspecified atom stereocenters. The number of nitrogens with two attached hydrogens (primary N) is 1. The predicted molar refractivity (Wildman–Crippen MR) is 128 cm³/mol. The molecule has 2 N–H and O–H groups in total. The van der Waals surface area contributed by atoms with Crippen molar-refractivity contribution < 1.29 is 19.1 Å². The van der Waals surface area contributed by atoms with Gasteiger partial charge in [0.1, 0.15) is 5.60 Å². The van der Waals surface area contributed by atoms with Crippen LogP contribution in [0.2, 0.25) is 0 Å². The molecule has 3 rings (SSSR count). The molecule has 0 radical (unpaired) electrons. The second-order valence-corrected chi connectivity index (χ2v) is 11.8. The van der Waals surface area contributed by atoms with Gasteiger partial charge in [-0.25, -0.2) is 15.6 Å². The van der Waals surface area contributed by atoms with Crippen LogP contribution in [0.5, 0.6) is 0 Å². The van der Waals surface area contributed by atoms with E-state index in [0.717, 1.165) is 23.4 Å². The quantitative estimate of drug-likeness (QED) is 0.305. The number of amides is 3. The highest BCUT2D eigenvalue weighted by molar-refractivity contribution is 6.04. The molecule has 0 spiro atoms. The van der Waals surface area contributed by atoms with Crippen molar-refractivity contribution >= 4 is 17.9 Å². The molecule has 0 bridgehead atoms. The summed E-state index contributed by atoms with van der Waals surface area (Å²) in [5.74, 6) is 4.74. The van der Waals surface area contributed by atoms with Crippen LogP contribution in [0.15, 0.2) is 18.2 Å². The Balaban J connectivity index is 1.69. The Bertz CT molecular complexity index is 937. The maximum Gasteiger partial charge on any atom is 0.410 e. The molecule has 33 heavy (non-hydrogen) atoms. The van der Waals surface area contributed by atoms with Crippen LogP contribution >= 0.6 is 0 Å². The topological polar surface area (TPSA) is 92.9 Å². The molecule has 0 saturated carbocycles. The molecule has 1 heterocycles.